The van der Waals surface area contributed by atoms with Crippen molar-refractivity contribution in [3.63, 3.8) is 0 Å². The van der Waals surface area contributed by atoms with Crippen molar-refractivity contribution >= 4 is 11.7 Å². The number of hydrogen-bond acceptors (Lipinski definition) is 4. The first kappa shape index (κ1) is 11.9. The van der Waals surface area contributed by atoms with Crippen molar-refractivity contribution in [1.29, 1.82) is 0 Å². The van der Waals surface area contributed by atoms with Crippen LogP contribution in [0.5, 0.6) is 0 Å². The van der Waals surface area contributed by atoms with Gasteiger partial charge in [-0.15, -0.1) is 0 Å². The largest absolute Gasteiger partial charge is 0.462 e. The number of carbonyl (C=O) groups excluding carboxylic acids is 1. The lowest BCUT2D eigenvalue weighted by molar-refractivity contribution is 0.0526. The third-order valence-electron chi connectivity index (χ3n) is 3.18. The first-order chi connectivity index (χ1) is 8.15. The van der Waals surface area contributed by atoms with E-state index in [1.807, 2.05) is 6.92 Å². The highest BCUT2D eigenvalue weighted by Gasteiger charge is 2.22. The number of anilines is 1. The SMILES string of the molecule is CCOC(=O)c1c(C)nc2c(c1N)CCCC2. The molecule has 1 aliphatic rings. The molecule has 4 heteroatoms. The molecule has 0 atom stereocenters. The van der Waals surface area contributed by atoms with Crippen molar-refractivity contribution in [1.82, 2.24) is 4.98 Å². The van der Waals surface area contributed by atoms with Crippen LogP contribution in [0, 0.1) is 6.92 Å². The van der Waals surface area contributed by atoms with Gasteiger partial charge in [0.1, 0.15) is 5.56 Å². The molecule has 0 radical (unpaired) electrons. The smallest absolute Gasteiger partial charge is 0.342 e. The number of esters is 1. The summed E-state index contributed by atoms with van der Waals surface area (Å²) in [6, 6.07) is 0. The van der Waals surface area contributed by atoms with E-state index >= 15 is 0 Å². The van der Waals surface area contributed by atoms with Crippen molar-refractivity contribution in [2.75, 3.05) is 12.3 Å². The molecule has 2 rings (SSSR count). The number of aryl methyl sites for hydroxylation is 2. The number of aromatic nitrogens is 1. The summed E-state index contributed by atoms with van der Waals surface area (Å²) in [6.07, 6.45) is 4.15. The van der Waals surface area contributed by atoms with Crippen LogP contribution in [-0.4, -0.2) is 17.6 Å². The van der Waals surface area contributed by atoms with Crippen LogP contribution >= 0.6 is 0 Å². The summed E-state index contributed by atoms with van der Waals surface area (Å²) in [5.41, 5.74) is 9.90. The second kappa shape index (κ2) is 4.73. The van der Waals surface area contributed by atoms with Gasteiger partial charge in [-0.3, -0.25) is 4.98 Å². The normalized spacial score (nSPS) is 14.2. The van der Waals surface area contributed by atoms with E-state index in [9.17, 15) is 4.79 Å². The lowest BCUT2D eigenvalue weighted by atomic mass is 9.92. The highest BCUT2D eigenvalue weighted by Crippen LogP contribution is 2.29. The van der Waals surface area contributed by atoms with Gasteiger partial charge in [0.05, 0.1) is 18.0 Å². The second-order valence-electron chi connectivity index (χ2n) is 4.34. The average molecular weight is 234 g/mol. The Morgan fingerprint density at radius 3 is 2.82 bits per heavy atom. The minimum absolute atomic E-state index is 0.356. The fourth-order valence-electron chi connectivity index (χ4n) is 2.37. The number of nitrogen functional groups attached to an aromatic ring is 1. The molecule has 0 bridgehead atoms. The highest BCUT2D eigenvalue weighted by atomic mass is 16.5. The topological polar surface area (TPSA) is 65.2 Å². The summed E-state index contributed by atoms with van der Waals surface area (Å²) >= 11 is 0. The van der Waals surface area contributed by atoms with E-state index in [4.69, 9.17) is 10.5 Å². The number of pyridine rings is 1. The molecular weight excluding hydrogens is 216 g/mol. The fraction of sp³-hybridized carbons (Fsp3) is 0.538. The molecule has 92 valence electrons. The van der Waals surface area contributed by atoms with Crippen molar-refractivity contribution < 1.29 is 9.53 Å². The van der Waals surface area contributed by atoms with Gasteiger partial charge in [-0.25, -0.2) is 4.79 Å². The maximum atomic E-state index is 11.8. The summed E-state index contributed by atoms with van der Waals surface area (Å²) in [5, 5.41) is 0. The lowest BCUT2D eigenvalue weighted by Crippen LogP contribution is -2.17. The van der Waals surface area contributed by atoms with Crippen LogP contribution in [0.1, 0.15) is 47.1 Å². The number of hydrogen-bond donors (Lipinski definition) is 1. The van der Waals surface area contributed by atoms with Crippen LogP contribution < -0.4 is 5.73 Å². The van der Waals surface area contributed by atoms with Crippen LogP contribution in [0.15, 0.2) is 0 Å². The van der Waals surface area contributed by atoms with Crippen molar-refractivity contribution in [2.45, 2.75) is 39.5 Å². The molecule has 0 aliphatic heterocycles. The number of rotatable bonds is 2. The van der Waals surface area contributed by atoms with Crippen LogP contribution in [0.4, 0.5) is 5.69 Å². The standard InChI is InChI=1S/C13H18N2O2/c1-3-17-13(16)11-8(2)15-10-7-5-4-6-9(10)12(11)14/h3-7H2,1-2H3,(H2,14,15). The van der Waals surface area contributed by atoms with Gasteiger partial charge in [-0.2, -0.15) is 0 Å². The predicted octanol–water partition coefficient (Wildman–Crippen LogP) is 2.03. The Balaban J connectivity index is 2.49. The number of carbonyl (C=O) groups is 1. The predicted molar refractivity (Wildman–Crippen MR) is 66.0 cm³/mol. The molecule has 1 heterocycles. The minimum Gasteiger partial charge on any atom is -0.462 e. The fourth-order valence-corrected chi connectivity index (χ4v) is 2.37. The summed E-state index contributed by atoms with van der Waals surface area (Å²) in [5.74, 6) is -0.358. The van der Waals surface area contributed by atoms with Crippen molar-refractivity contribution in [3.05, 3.63) is 22.5 Å². The minimum atomic E-state index is -0.358. The van der Waals surface area contributed by atoms with Gasteiger partial charge >= 0.3 is 5.97 Å². The molecule has 1 aromatic heterocycles. The van der Waals surface area contributed by atoms with Crippen LogP contribution in [-0.2, 0) is 17.6 Å². The van der Waals surface area contributed by atoms with Gasteiger partial charge in [0, 0.05) is 5.69 Å². The van der Waals surface area contributed by atoms with E-state index in [0.717, 1.165) is 36.9 Å². The molecule has 0 saturated carbocycles. The molecule has 0 spiro atoms. The summed E-state index contributed by atoms with van der Waals surface area (Å²) < 4.78 is 5.02. The van der Waals surface area contributed by atoms with E-state index in [1.54, 1.807) is 6.92 Å². The third-order valence-corrected chi connectivity index (χ3v) is 3.18. The van der Waals surface area contributed by atoms with Gasteiger partial charge in [-0.05, 0) is 45.1 Å². The van der Waals surface area contributed by atoms with Gasteiger partial charge in [-0.1, -0.05) is 0 Å². The molecule has 17 heavy (non-hydrogen) atoms. The first-order valence-corrected chi connectivity index (χ1v) is 6.10. The van der Waals surface area contributed by atoms with E-state index in [-0.39, 0.29) is 5.97 Å². The van der Waals surface area contributed by atoms with Gasteiger partial charge in [0.15, 0.2) is 0 Å². The molecule has 1 aliphatic carbocycles. The Morgan fingerprint density at radius 1 is 1.41 bits per heavy atom. The van der Waals surface area contributed by atoms with E-state index in [2.05, 4.69) is 4.98 Å². The Bertz CT molecular complexity index is 455. The number of fused-ring (bicyclic) bond motifs is 1. The second-order valence-corrected chi connectivity index (χ2v) is 4.34. The zero-order valence-electron chi connectivity index (χ0n) is 10.4. The molecule has 0 saturated heterocycles. The summed E-state index contributed by atoms with van der Waals surface area (Å²) in [6.45, 7) is 3.96. The molecule has 0 fully saturated rings. The number of nitrogens with two attached hydrogens (primary N) is 1. The van der Waals surface area contributed by atoms with Gasteiger partial charge < -0.3 is 10.5 Å². The van der Waals surface area contributed by atoms with Crippen LogP contribution in [0.3, 0.4) is 0 Å². The van der Waals surface area contributed by atoms with Crippen LogP contribution in [0.2, 0.25) is 0 Å². The Hall–Kier alpha value is -1.58. The monoisotopic (exact) mass is 234 g/mol. The molecule has 0 aromatic carbocycles. The molecule has 1 aromatic rings. The zero-order chi connectivity index (χ0) is 12.4. The van der Waals surface area contributed by atoms with Gasteiger partial charge in [0.2, 0.25) is 0 Å². The third kappa shape index (κ3) is 2.12. The molecule has 4 nitrogen and oxygen atoms in total. The number of nitrogens with zero attached hydrogens (tertiary/aromatic N) is 1. The van der Waals surface area contributed by atoms with E-state index in [1.165, 1.54) is 0 Å². The Kier molecular flexibility index (Phi) is 3.31. The quantitative estimate of drug-likeness (QED) is 0.795. The van der Waals surface area contributed by atoms with Gasteiger partial charge in [0.25, 0.3) is 0 Å². The molecule has 2 N–H and O–H groups in total. The summed E-state index contributed by atoms with van der Waals surface area (Å²) in [4.78, 5) is 16.3. The molecule has 0 amide bonds. The molecule has 0 unspecified atom stereocenters. The van der Waals surface area contributed by atoms with Crippen molar-refractivity contribution in [2.24, 2.45) is 0 Å². The van der Waals surface area contributed by atoms with Crippen LogP contribution in [0.25, 0.3) is 0 Å². The first-order valence-electron chi connectivity index (χ1n) is 6.10. The highest BCUT2D eigenvalue weighted by molar-refractivity contribution is 5.97. The van der Waals surface area contributed by atoms with E-state index in [0.29, 0.717) is 23.6 Å². The Labute approximate surface area is 101 Å². The maximum absolute atomic E-state index is 11.8. The number of ether oxygens (including phenoxy) is 1. The zero-order valence-corrected chi connectivity index (χ0v) is 10.4. The molecular formula is C13H18N2O2. The lowest BCUT2D eigenvalue weighted by Gasteiger charge is -2.20. The van der Waals surface area contributed by atoms with E-state index < -0.39 is 0 Å². The van der Waals surface area contributed by atoms with Crippen molar-refractivity contribution in [3.8, 4) is 0 Å². The summed E-state index contributed by atoms with van der Waals surface area (Å²) in [7, 11) is 0. The average Bonchev–Trinajstić information content (AvgIpc) is 2.29. The Morgan fingerprint density at radius 2 is 2.12 bits per heavy atom. The maximum Gasteiger partial charge on any atom is 0.342 e.